The van der Waals surface area contributed by atoms with E-state index in [0.29, 0.717) is 0 Å². The van der Waals surface area contributed by atoms with E-state index in [-0.39, 0.29) is 0 Å². The lowest BCUT2D eigenvalue weighted by atomic mass is 9.88. The van der Waals surface area contributed by atoms with Crippen LogP contribution in [0.25, 0.3) is 0 Å². The number of nitrogens with one attached hydrogen (secondary N) is 1. The molecule has 0 spiro atoms. The normalized spacial score (nSPS) is 23.5. The van der Waals surface area contributed by atoms with Crippen LogP contribution in [0.5, 0.6) is 0 Å². The molecule has 106 valence electrons. The van der Waals surface area contributed by atoms with E-state index in [9.17, 15) is 0 Å². The Kier molecular flexibility index (Phi) is 5.97. The molecule has 2 fully saturated rings. The van der Waals surface area contributed by atoms with Crippen molar-refractivity contribution in [1.29, 1.82) is 0 Å². The minimum Gasteiger partial charge on any atom is -0.312 e. The Morgan fingerprint density at radius 1 is 1.11 bits per heavy atom. The third-order valence-corrected chi connectivity index (χ3v) is 4.74. The Morgan fingerprint density at radius 2 is 1.83 bits per heavy atom. The summed E-state index contributed by atoms with van der Waals surface area (Å²) >= 11 is 0. The van der Waals surface area contributed by atoms with E-state index in [4.69, 9.17) is 0 Å². The monoisotopic (exact) mass is 252 g/mol. The Hall–Kier alpha value is -0.0800. The number of nitrogens with zero attached hydrogens (tertiary/aromatic N) is 1. The lowest BCUT2D eigenvalue weighted by molar-refractivity contribution is 0.170. The van der Waals surface area contributed by atoms with Gasteiger partial charge in [0.25, 0.3) is 0 Å². The lowest BCUT2D eigenvalue weighted by Crippen LogP contribution is -2.43. The molecule has 0 heterocycles. The van der Waals surface area contributed by atoms with Gasteiger partial charge in [0, 0.05) is 25.2 Å². The Labute approximate surface area is 114 Å². The standard InChI is InChI=1S/C16H32N2/c1-3-7-16(12-17-15-10-11-15)18(2)13-14-8-5-4-6-9-14/h14-17H,3-13H2,1-2H3. The van der Waals surface area contributed by atoms with Gasteiger partial charge in [0.05, 0.1) is 0 Å². The average molecular weight is 252 g/mol. The van der Waals surface area contributed by atoms with Crippen LogP contribution in [0.3, 0.4) is 0 Å². The van der Waals surface area contributed by atoms with Crippen LogP contribution in [-0.4, -0.2) is 37.1 Å². The summed E-state index contributed by atoms with van der Waals surface area (Å²) in [5.74, 6) is 0.976. The predicted octanol–water partition coefficient (Wildman–Crippen LogP) is 3.42. The van der Waals surface area contributed by atoms with Gasteiger partial charge < -0.3 is 10.2 Å². The highest BCUT2D eigenvalue weighted by atomic mass is 15.2. The number of rotatable bonds is 8. The number of hydrogen-bond donors (Lipinski definition) is 1. The number of likely N-dealkylation sites (N-methyl/N-ethyl adjacent to an activating group) is 1. The van der Waals surface area contributed by atoms with Crippen molar-refractivity contribution in [2.75, 3.05) is 20.1 Å². The van der Waals surface area contributed by atoms with Crippen molar-refractivity contribution >= 4 is 0 Å². The Balaban J connectivity index is 1.71. The largest absolute Gasteiger partial charge is 0.312 e. The van der Waals surface area contributed by atoms with Gasteiger partial charge in [-0.2, -0.15) is 0 Å². The Bertz CT molecular complexity index is 219. The Morgan fingerprint density at radius 3 is 2.44 bits per heavy atom. The predicted molar refractivity (Wildman–Crippen MR) is 78.9 cm³/mol. The van der Waals surface area contributed by atoms with Gasteiger partial charge in [-0.1, -0.05) is 32.6 Å². The molecule has 0 bridgehead atoms. The van der Waals surface area contributed by atoms with Crippen molar-refractivity contribution in [3.63, 3.8) is 0 Å². The quantitative estimate of drug-likeness (QED) is 0.712. The van der Waals surface area contributed by atoms with Gasteiger partial charge in [-0.15, -0.1) is 0 Å². The fourth-order valence-corrected chi connectivity index (χ4v) is 3.33. The summed E-state index contributed by atoms with van der Waals surface area (Å²) in [6.45, 7) is 4.86. The molecule has 18 heavy (non-hydrogen) atoms. The van der Waals surface area contributed by atoms with Gasteiger partial charge in [0.2, 0.25) is 0 Å². The summed E-state index contributed by atoms with van der Waals surface area (Å²) in [6, 6.07) is 1.62. The van der Waals surface area contributed by atoms with E-state index in [1.165, 1.54) is 70.9 Å². The SMILES string of the molecule is CCCC(CNC1CC1)N(C)CC1CCCCC1. The van der Waals surface area contributed by atoms with Gasteiger partial charge in [-0.05, 0) is 45.1 Å². The highest BCUT2D eigenvalue weighted by Crippen LogP contribution is 2.25. The van der Waals surface area contributed by atoms with Gasteiger partial charge in [0.15, 0.2) is 0 Å². The zero-order chi connectivity index (χ0) is 12.8. The molecule has 1 unspecified atom stereocenters. The zero-order valence-corrected chi connectivity index (χ0v) is 12.5. The van der Waals surface area contributed by atoms with Gasteiger partial charge in [-0.3, -0.25) is 0 Å². The smallest absolute Gasteiger partial charge is 0.0217 e. The highest BCUT2D eigenvalue weighted by Gasteiger charge is 2.24. The maximum Gasteiger partial charge on any atom is 0.0217 e. The molecule has 0 amide bonds. The van der Waals surface area contributed by atoms with E-state index in [1.54, 1.807) is 0 Å². The lowest BCUT2D eigenvalue weighted by Gasteiger charge is -2.33. The minimum atomic E-state index is 0.762. The first-order valence-corrected chi connectivity index (χ1v) is 8.23. The average Bonchev–Trinajstić information content (AvgIpc) is 3.19. The summed E-state index contributed by atoms with van der Waals surface area (Å²) in [5, 5.41) is 3.72. The molecule has 0 aromatic heterocycles. The van der Waals surface area contributed by atoms with Crippen molar-refractivity contribution in [2.45, 2.75) is 76.8 Å². The van der Waals surface area contributed by atoms with Crippen LogP contribution < -0.4 is 5.32 Å². The third kappa shape index (κ3) is 4.89. The summed E-state index contributed by atoms with van der Waals surface area (Å²) in [6.07, 6.45) is 12.8. The topological polar surface area (TPSA) is 15.3 Å². The first-order valence-electron chi connectivity index (χ1n) is 8.23. The second-order valence-electron chi connectivity index (χ2n) is 6.57. The van der Waals surface area contributed by atoms with Crippen molar-refractivity contribution in [3.8, 4) is 0 Å². The van der Waals surface area contributed by atoms with Crippen LogP contribution in [0.2, 0.25) is 0 Å². The van der Waals surface area contributed by atoms with E-state index >= 15 is 0 Å². The zero-order valence-electron chi connectivity index (χ0n) is 12.5. The van der Waals surface area contributed by atoms with E-state index in [2.05, 4.69) is 24.2 Å². The molecule has 2 nitrogen and oxygen atoms in total. The summed E-state index contributed by atoms with van der Waals surface area (Å²) in [4.78, 5) is 2.65. The molecular formula is C16H32N2. The summed E-state index contributed by atoms with van der Waals surface area (Å²) in [5.41, 5.74) is 0. The fraction of sp³-hybridized carbons (Fsp3) is 1.00. The molecule has 2 saturated carbocycles. The van der Waals surface area contributed by atoms with E-state index in [0.717, 1.165) is 18.0 Å². The van der Waals surface area contributed by atoms with Crippen LogP contribution in [0.1, 0.15) is 64.7 Å². The van der Waals surface area contributed by atoms with Crippen LogP contribution in [-0.2, 0) is 0 Å². The maximum absolute atomic E-state index is 3.72. The molecule has 2 aliphatic rings. The van der Waals surface area contributed by atoms with Crippen molar-refractivity contribution < 1.29 is 0 Å². The first kappa shape index (κ1) is 14.3. The maximum atomic E-state index is 3.72. The minimum absolute atomic E-state index is 0.762. The van der Waals surface area contributed by atoms with Crippen molar-refractivity contribution in [3.05, 3.63) is 0 Å². The van der Waals surface area contributed by atoms with E-state index in [1.807, 2.05) is 0 Å². The molecule has 1 atom stereocenters. The second-order valence-corrected chi connectivity index (χ2v) is 6.57. The van der Waals surface area contributed by atoms with Crippen LogP contribution in [0.15, 0.2) is 0 Å². The molecule has 2 heteroatoms. The number of hydrogen-bond acceptors (Lipinski definition) is 2. The van der Waals surface area contributed by atoms with Gasteiger partial charge in [0.1, 0.15) is 0 Å². The second kappa shape index (κ2) is 7.49. The highest BCUT2D eigenvalue weighted by molar-refractivity contribution is 4.84. The molecule has 0 aromatic rings. The van der Waals surface area contributed by atoms with Crippen LogP contribution in [0.4, 0.5) is 0 Å². The van der Waals surface area contributed by atoms with Crippen molar-refractivity contribution in [2.24, 2.45) is 5.92 Å². The first-order chi connectivity index (χ1) is 8.79. The van der Waals surface area contributed by atoms with E-state index < -0.39 is 0 Å². The summed E-state index contributed by atoms with van der Waals surface area (Å²) < 4.78 is 0. The molecule has 0 radical (unpaired) electrons. The fourth-order valence-electron chi connectivity index (χ4n) is 3.33. The third-order valence-electron chi connectivity index (χ3n) is 4.74. The van der Waals surface area contributed by atoms with Crippen molar-refractivity contribution in [1.82, 2.24) is 10.2 Å². The molecule has 2 aliphatic carbocycles. The molecule has 2 rings (SSSR count). The molecule has 1 N–H and O–H groups in total. The summed E-state index contributed by atoms with van der Waals surface area (Å²) in [7, 11) is 2.35. The molecule has 0 aromatic carbocycles. The van der Waals surface area contributed by atoms with Gasteiger partial charge in [-0.25, -0.2) is 0 Å². The van der Waals surface area contributed by atoms with Gasteiger partial charge >= 0.3 is 0 Å². The van der Waals surface area contributed by atoms with Crippen LogP contribution >= 0.6 is 0 Å². The molecular weight excluding hydrogens is 220 g/mol. The molecule has 0 saturated heterocycles. The molecule has 0 aliphatic heterocycles. The van der Waals surface area contributed by atoms with Crippen LogP contribution in [0, 0.1) is 5.92 Å².